The zero-order valence-corrected chi connectivity index (χ0v) is 11.4. The van der Waals surface area contributed by atoms with E-state index in [-0.39, 0.29) is 18.2 Å². The van der Waals surface area contributed by atoms with Crippen LogP contribution in [0.4, 0.5) is 4.79 Å². The Morgan fingerprint density at radius 1 is 1.12 bits per heavy atom. The highest BCUT2D eigenvalue weighted by Crippen LogP contribution is 2.08. The molecule has 0 unspecified atom stereocenters. The van der Waals surface area contributed by atoms with Crippen LogP contribution in [0.1, 0.15) is 48.0 Å². The van der Waals surface area contributed by atoms with Crippen LogP contribution >= 0.6 is 0 Å². The first kappa shape index (κ1) is 15.0. The molecule has 0 N–H and O–H groups in total. The van der Waals surface area contributed by atoms with Crippen molar-refractivity contribution >= 4 is 6.09 Å². The Balaban J connectivity index is 4.17. The molecule has 0 bridgehead atoms. The molecule has 0 aromatic rings. The molecule has 0 saturated heterocycles. The predicted molar refractivity (Wildman–Crippen MR) is 67.2 cm³/mol. The number of carbonyl (C=O) groups is 1. The number of rotatable bonds is 5. The smallest absolute Gasteiger partial charge is 0.415 e. The molecule has 0 radical (unpaired) electrons. The highest BCUT2D eigenvalue weighted by molar-refractivity contribution is 5.68. The van der Waals surface area contributed by atoms with Crippen LogP contribution in [0.15, 0.2) is 12.3 Å². The standard InChI is InChI=1S/C13H25NO2/c1-10(2)8-7-9-16-13(15)14(11(3)4)12(5)6/h7,9-12H,8H2,1-6H3/b9-7-. The molecule has 0 spiro atoms. The second-order valence-electron chi connectivity index (χ2n) is 4.98. The van der Waals surface area contributed by atoms with Gasteiger partial charge in [0.25, 0.3) is 0 Å². The van der Waals surface area contributed by atoms with Crippen molar-refractivity contribution < 1.29 is 9.53 Å². The molecule has 0 fully saturated rings. The zero-order chi connectivity index (χ0) is 12.7. The summed E-state index contributed by atoms with van der Waals surface area (Å²) in [6.07, 6.45) is 4.04. The van der Waals surface area contributed by atoms with E-state index in [1.807, 2.05) is 33.8 Å². The third kappa shape index (κ3) is 5.79. The lowest BCUT2D eigenvalue weighted by Crippen LogP contribution is -2.41. The van der Waals surface area contributed by atoms with Gasteiger partial charge in [-0.15, -0.1) is 0 Å². The van der Waals surface area contributed by atoms with E-state index in [0.29, 0.717) is 5.92 Å². The van der Waals surface area contributed by atoms with Gasteiger partial charge in [0, 0.05) is 12.1 Å². The number of hydrogen-bond acceptors (Lipinski definition) is 2. The Labute approximate surface area is 99.5 Å². The highest BCUT2D eigenvalue weighted by atomic mass is 16.5. The summed E-state index contributed by atoms with van der Waals surface area (Å²) in [5.41, 5.74) is 0. The maximum Gasteiger partial charge on any atom is 0.415 e. The van der Waals surface area contributed by atoms with Crippen molar-refractivity contribution in [1.82, 2.24) is 4.90 Å². The molecule has 1 amide bonds. The molecule has 3 heteroatoms. The Morgan fingerprint density at radius 2 is 1.62 bits per heavy atom. The van der Waals surface area contributed by atoms with Crippen LogP contribution in [0.2, 0.25) is 0 Å². The molecule has 0 aliphatic heterocycles. The monoisotopic (exact) mass is 227 g/mol. The summed E-state index contributed by atoms with van der Waals surface area (Å²) >= 11 is 0. The van der Waals surface area contributed by atoms with Crippen molar-refractivity contribution in [2.75, 3.05) is 0 Å². The molecule has 3 nitrogen and oxygen atoms in total. The first-order valence-corrected chi connectivity index (χ1v) is 6.00. The Kier molecular flexibility index (Phi) is 6.86. The minimum absolute atomic E-state index is 0.158. The van der Waals surface area contributed by atoms with Gasteiger partial charge in [0.2, 0.25) is 0 Å². The highest BCUT2D eigenvalue weighted by Gasteiger charge is 2.20. The van der Waals surface area contributed by atoms with Gasteiger partial charge in [0.15, 0.2) is 0 Å². The fourth-order valence-electron chi connectivity index (χ4n) is 1.51. The van der Waals surface area contributed by atoms with Gasteiger partial charge in [-0.3, -0.25) is 0 Å². The molecular formula is C13H25NO2. The van der Waals surface area contributed by atoms with Gasteiger partial charge in [0.05, 0.1) is 6.26 Å². The molecule has 0 aliphatic carbocycles. The van der Waals surface area contributed by atoms with E-state index in [0.717, 1.165) is 6.42 Å². The van der Waals surface area contributed by atoms with Gasteiger partial charge in [0.1, 0.15) is 0 Å². The quantitative estimate of drug-likeness (QED) is 0.668. The average molecular weight is 227 g/mol. The first-order valence-electron chi connectivity index (χ1n) is 6.00. The van der Waals surface area contributed by atoms with E-state index < -0.39 is 0 Å². The molecule has 94 valence electrons. The number of ether oxygens (including phenoxy) is 1. The van der Waals surface area contributed by atoms with Crippen LogP contribution < -0.4 is 0 Å². The fraction of sp³-hybridized carbons (Fsp3) is 0.769. The Bertz CT molecular complexity index is 224. The molecule has 0 aliphatic rings. The summed E-state index contributed by atoms with van der Waals surface area (Å²) in [4.78, 5) is 13.4. The van der Waals surface area contributed by atoms with E-state index in [1.54, 1.807) is 4.90 Å². The lowest BCUT2D eigenvalue weighted by Gasteiger charge is -2.28. The number of carbonyl (C=O) groups excluding carboxylic acids is 1. The third-order valence-corrected chi connectivity index (χ3v) is 2.20. The average Bonchev–Trinajstić information content (AvgIpc) is 2.10. The van der Waals surface area contributed by atoms with Crippen LogP contribution in [-0.2, 0) is 4.74 Å². The van der Waals surface area contributed by atoms with Crippen LogP contribution in [0, 0.1) is 5.92 Å². The van der Waals surface area contributed by atoms with Crippen molar-refractivity contribution in [3.63, 3.8) is 0 Å². The van der Waals surface area contributed by atoms with Gasteiger partial charge in [-0.1, -0.05) is 13.8 Å². The molecule has 0 rings (SSSR count). The van der Waals surface area contributed by atoms with E-state index in [9.17, 15) is 4.79 Å². The van der Waals surface area contributed by atoms with Crippen molar-refractivity contribution in [3.05, 3.63) is 12.3 Å². The lowest BCUT2D eigenvalue weighted by atomic mass is 10.1. The van der Waals surface area contributed by atoms with Crippen LogP contribution in [0.5, 0.6) is 0 Å². The molecule has 0 saturated carbocycles. The fourth-order valence-corrected chi connectivity index (χ4v) is 1.51. The summed E-state index contributed by atoms with van der Waals surface area (Å²) in [5.74, 6) is 0.584. The molecule has 16 heavy (non-hydrogen) atoms. The Morgan fingerprint density at radius 3 is 2.00 bits per heavy atom. The topological polar surface area (TPSA) is 29.5 Å². The SMILES string of the molecule is CC(C)C/C=C\OC(=O)N(C(C)C)C(C)C. The largest absolute Gasteiger partial charge is 0.418 e. The summed E-state index contributed by atoms with van der Waals surface area (Å²) in [5, 5.41) is 0. The minimum atomic E-state index is -0.273. The van der Waals surface area contributed by atoms with Gasteiger partial charge in [-0.25, -0.2) is 4.79 Å². The van der Waals surface area contributed by atoms with Crippen molar-refractivity contribution in [1.29, 1.82) is 0 Å². The van der Waals surface area contributed by atoms with Crippen molar-refractivity contribution in [3.8, 4) is 0 Å². The molecule has 0 aromatic heterocycles. The van der Waals surface area contributed by atoms with E-state index in [4.69, 9.17) is 4.74 Å². The second-order valence-corrected chi connectivity index (χ2v) is 4.98. The molecular weight excluding hydrogens is 202 g/mol. The number of allylic oxidation sites excluding steroid dienone is 1. The third-order valence-electron chi connectivity index (χ3n) is 2.20. The maximum absolute atomic E-state index is 11.7. The summed E-state index contributed by atoms with van der Waals surface area (Å²) < 4.78 is 5.08. The normalized spacial score (nSPS) is 11.8. The van der Waals surface area contributed by atoms with Gasteiger partial charge < -0.3 is 9.64 Å². The Hall–Kier alpha value is -0.990. The molecule has 0 aromatic carbocycles. The maximum atomic E-state index is 11.7. The molecule has 0 heterocycles. The zero-order valence-electron chi connectivity index (χ0n) is 11.4. The van der Waals surface area contributed by atoms with E-state index >= 15 is 0 Å². The summed E-state index contributed by atoms with van der Waals surface area (Å²) in [6, 6.07) is 0.317. The van der Waals surface area contributed by atoms with Crippen molar-refractivity contribution in [2.24, 2.45) is 5.92 Å². The summed E-state index contributed by atoms with van der Waals surface area (Å²) in [6.45, 7) is 12.2. The lowest BCUT2D eigenvalue weighted by molar-refractivity contribution is 0.109. The molecule has 0 atom stereocenters. The first-order chi connectivity index (χ1) is 7.36. The number of nitrogens with zero attached hydrogens (tertiary/aromatic N) is 1. The predicted octanol–water partition coefficient (Wildman–Crippen LogP) is 3.80. The van der Waals surface area contributed by atoms with E-state index in [2.05, 4.69) is 13.8 Å². The number of amides is 1. The van der Waals surface area contributed by atoms with Gasteiger partial charge >= 0.3 is 6.09 Å². The number of hydrogen-bond donors (Lipinski definition) is 0. The minimum Gasteiger partial charge on any atom is -0.418 e. The van der Waals surface area contributed by atoms with Gasteiger partial charge in [-0.2, -0.15) is 0 Å². The van der Waals surface area contributed by atoms with Crippen LogP contribution in [0.25, 0.3) is 0 Å². The van der Waals surface area contributed by atoms with Crippen LogP contribution in [0.3, 0.4) is 0 Å². The van der Waals surface area contributed by atoms with E-state index in [1.165, 1.54) is 6.26 Å². The van der Waals surface area contributed by atoms with Crippen LogP contribution in [-0.4, -0.2) is 23.1 Å². The van der Waals surface area contributed by atoms with Gasteiger partial charge in [-0.05, 0) is 46.1 Å². The van der Waals surface area contributed by atoms with Crippen molar-refractivity contribution in [2.45, 2.75) is 60.0 Å². The summed E-state index contributed by atoms with van der Waals surface area (Å²) in [7, 11) is 0. The second kappa shape index (κ2) is 7.31.